The SMILES string of the molecule is CCCn1c(-c2ccncc2)nn(CN(C)Cc2ccc(OCC)cc2)c1=S. The molecule has 7 heteroatoms. The summed E-state index contributed by atoms with van der Waals surface area (Å²) in [5, 5.41) is 4.80. The molecule has 0 atom stereocenters. The van der Waals surface area contributed by atoms with Crippen LogP contribution in [0.3, 0.4) is 0 Å². The normalized spacial score (nSPS) is 11.1. The second-order valence-electron chi connectivity index (χ2n) is 6.73. The molecule has 0 saturated heterocycles. The minimum absolute atomic E-state index is 0.626. The van der Waals surface area contributed by atoms with Crippen molar-refractivity contribution < 1.29 is 4.74 Å². The summed E-state index contributed by atoms with van der Waals surface area (Å²) >= 11 is 5.71. The van der Waals surface area contributed by atoms with Crippen LogP contribution < -0.4 is 4.74 Å². The van der Waals surface area contributed by atoms with Crippen LogP contribution in [-0.2, 0) is 19.8 Å². The Balaban J connectivity index is 1.77. The van der Waals surface area contributed by atoms with Crippen LogP contribution in [0, 0.1) is 4.77 Å². The molecule has 0 amide bonds. The predicted octanol–water partition coefficient (Wildman–Crippen LogP) is 4.37. The van der Waals surface area contributed by atoms with Crippen LogP contribution in [0.1, 0.15) is 25.8 Å². The van der Waals surface area contributed by atoms with E-state index < -0.39 is 0 Å². The summed E-state index contributed by atoms with van der Waals surface area (Å²) in [6.07, 6.45) is 4.57. The summed E-state index contributed by atoms with van der Waals surface area (Å²) in [5.41, 5.74) is 2.25. The molecule has 3 rings (SSSR count). The highest BCUT2D eigenvalue weighted by Gasteiger charge is 2.13. The van der Waals surface area contributed by atoms with Gasteiger partial charge in [0.05, 0.1) is 13.3 Å². The van der Waals surface area contributed by atoms with Crippen LogP contribution in [0.2, 0.25) is 0 Å². The molecule has 0 radical (unpaired) electrons. The van der Waals surface area contributed by atoms with Crippen molar-refractivity contribution in [1.82, 2.24) is 24.2 Å². The molecule has 0 aliphatic rings. The fourth-order valence-electron chi connectivity index (χ4n) is 3.12. The lowest BCUT2D eigenvalue weighted by Gasteiger charge is -2.16. The molecule has 2 aromatic heterocycles. The average molecular weight is 398 g/mol. The van der Waals surface area contributed by atoms with Crippen molar-refractivity contribution in [2.75, 3.05) is 13.7 Å². The largest absolute Gasteiger partial charge is 0.494 e. The molecule has 28 heavy (non-hydrogen) atoms. The summed E-state index contributed by atoms with van der Waals surface area (Å²) in [6, 6.07) is 12.2. The number of hydrogen-bond acceptors (Lipinski definition) is 5. The molecular formula is C21H27N5OS. The van der Waals surface area contributed by atoms with Gasteiger partial charge in [0.25, 0.3) is 0 Å². The van der Waals surface area contributed by atoms with Gasteiger partial charge >= 0.3 is 0 Å². The first-order chi connectivity index (χ1) is 13.6. The molecule has 1 aromatic carbocycles. The van der Waals surface area contributed by atoms with E-state index in [0.717, 1.165) is 41.4 Å². The number of pyridine rings is 1. The fourth-order valence-corrected chi connectivity index (χ4v) is 3.40. The number of ether oxygens (including phenoxy) is 1. The van der Waals surface area contributed by atoms with Crippen molar-refractivity contribution >= 4 is 12.2 Å². The number of aromatic nitrogens is 4. The third-order valence-electron chi connectivity index (χ3n) is 4.37. The first-order valence-electron chi connectivity index (χ1n) is 9.60. The first kappa shape index (κ1) is 20.2. The monoisotopic (exact) mass is 397 g/mol. The molecule has 0 bridgehead atoms. The molecule has 0 spiro atoms. The molecule has 0 N–H and O–H groups in total. The predicted molar refractivity (Wildman–Crippen MR) is 114 cm³/mol. The van der Waals surface area contributed by atoms with E-state index in [9.17, 15) is 0 Å². The van der Waals surface area contributed by atoms with Gasteiger partial charge in [-0.25, -0.2) is 4.68 Å². The Kier molecular flexibility index (Phi) is 6.95. The van der Waals surface area contributed by atoms with Gasteiger partial charge in [0.1, 0.15) is 5.75 Å². The number of benzene rings is 1. The third kappa shape index (κ3) is 4.85. The van der Waals surface area contributed by atoms with E-state index in [0.29, 0.717) is 13.3 Å². The highest BCUT2D eigenvalue weighted by Crippen LogP contribution is 2.19. The lowest BCUT2D eigenvalue weighted by molar-refractivity contribution is 0.243. The molecule has 0 saturated carbocycles. The van der Waals surface area contributed by atoms with E-state index in [1.54, 1.807) is 12.4 Å². The van der Waals surface area contributed by atoms with Gasteiger partial charge in [0, 0.05) is 31.0 Å². The Morgan fingerprint density at radius 1 is 1.07 bits per heavy atom. The quantitative estimate of drug-likeness (QED) is 0.502. The molecule has 0 fully saturated rings. The van der Waals surface area contributed by atoms with Crippen molar-refractivity contribution in [3.05, 3.63) is 59.1 Å². The van der Waals surface area contributed by atoms with Crippen LogP contribution in [-0.4, -0.2) is 37.9 Å². The zero-order valence-corrected chi connectivity index (χ0v) is 17.5. The van der Waals surface area contributed by atoms with E-state index in [2.05, 4.69) is 40.6 Å². The lowest BCUT2D eigenvalue weighted by Crippen LogP contribution is -2.22. The highest BCUT2D eigenvalue weighted by molar-refractivity contribution is 7.71. The zero-order chi connectivity index (χ0) is 19.9. The molecule has 0 aliphatic heterocycles. The van der Waals surface area contributed by atoms with Gasteiger partial charge < -0.3 is 4.74 Å². The number of hydrogen-bond donors (Lipinski definition) is 0. The summed E-state index contributed by atoms with van der Waals surface area (Å²) in [7, 11) is 2.07. The van der Waals surface area contributed by atoms with Crippen molar-refractivity contribution in [3.8, 4) is 17.1 Å². The van der Waals surface area contributed by atoms with Gasteiger partial charge in [-0.2, -0.15) is 5.10 Å². The van der Waals surface area contributed by atoms with E-state index in [-0.39, 0.29) is 0 Å². The minimum atomic E-state index is 0.626. The van der Waals surface area contributed by atoms with E-state index >= 15 is 0 Å². The van der Waals surface area contributed by atoms with Crippen molar-refractivity contribution in [1.29, 1.82) is 0 Å². The van der Waals surface area contributed by atoms with Crippen LogP contribution in [0.4, 0.5) is 0 Å². The minimum Gasteiger partial charge on any atom is -0.494 e. The summed E-state index contributed by atoms with van der Waals surface area (Å²) in [6.45, 7) is 7.09. The maximum atomic E-state index is 5.71. The zero-order valence-electron chi connectivity index (χ0n) is 16.7. The van der Waals surface area contributed by atoms with Gasteiger partial charge in [-0.1, -0.05) is 19.1 Å². The van der Waals surface area contributed by atoms with Gasteiger partial charge in [0.2, 0.25) is 0 Å². The second kappa shape index (κ2) is 9.61. The molecule has 2 heterocycles. The Morgan fingerprint density at radius 2 is 1.79 bits per heavy atom. The molecule has 3 aromatic rings. The third-order valence-corrected chi connectivity index (χ3v) is 4.80. The second-order valence-corrected chi connectivity index (χ2v) is 7.09. The lowest BCUT2D eigenvalue weighted by atomic mass is 10.2. The topological polar surface area (TPSA) is 48.1 Å². The fraction of sp³-hybridized carbons (Fsp3) is 0.381. The smallest absolute Gasteiger partial charge is 0.199 e. The summed E-state index contributed by atoms with van der Waals surface area (Å²) < 4.78 is 10.3. The Bertz CT molecular complexity index is 934. The number of rotatable bonds is 9. The highest BCUT2D eigenvalue weighted by atomic mass is 32.1. The summed E-state index contributed by atoms with van der Waals surface area (Å²) in [5.74, 6) is 1.79. The van der Waals surface area contributed by atoms with E-state index in [1.807, 2.05) is 35.9 Å². The molecular weight excluding hydrogens is 370 g/mol. The standard InChI is InChI=1S/C21H27N5OS/c1-4-14-25-20(18-10-12-22-13-11-18)23-26(21(25)28)16-24(3)15-17-6-8-19(9-7-17)27-5-2/h6-13H,4-5,14-16H2,1-3H3. The molecule has 6 nitrogen and oxygen atoms in total. The van der Waals surface area contributed by atoms with Crippen LogP contribution in [0.25, 0.3) is 11.4 Å². The maximum absolute atomic E-state index is 5.71. The van der Waals surface area contributed by atoms with E-state index in [1.165, 1.54) is 5.56 Å². The van der Waals surface area contributed by atoms with Gasteiger partial charge in [-0.15, -0.1) is 0 Å². The van der Waals surface area contributed by atoms with Gasteiger partial charge in [-0.3, -0.25) is 14.5 Å². The maximum Gasteiger partial charge on any atom is 0.199 e. The first-order valence-corrected chi connectivity index (χ1v) is 10.0. The Morgan fingerprint density at radius 3 is 2.43 bits per heavy atom. The molecule has 148 valence electrons. The van der Waals surface area contributed by atoms with Gasteiger partial charge in [-0.05, 0) is 62.4 Å². The van der Waals surface area contributed by atoms with Crippen molar-refractivity contribution in [2.24, 2.45) is 0 Å². The average Bonchev–Trinajstić information content (AvgIpc) is 3.00. The summed E-state index contributed by atoms with van der Waals surface area (Å²) in [4.78, 5) is 6.30. The molecule has 0 aliphatic carbocycles. The van der Waals surface area contributed by atoms with Crippen LogP contribution in [0.15, 0.2) is 48.8 Å². The number of nitrogens with zero attached hydrogens (tertiary/aromatic N) is 5. The van der Waals surface area contributed by atoms with Crippen molar-refractivity contribution in [2.45, 2.75) is 40.0 Å². The van der Waals surface area contributed by atoms with Crippen molar-refractivity contribution in [3.63, 3.8) is 0 Å². The van der Waals surface area contributed by atoms with Crippen LogP contribution in [0.5, 0.6) is 5.75 Å². The van der Waals surface area contributed by atoms with Gasteiger partial charge in [0.15, 0.2) is 10.6 Å². The Hall–Kier alpha value is -2.51. The Labute approximate surface area is 171 Å². The van der Waals surface area contributed by atoms with Crippen LogP contribution >= 0.6 is 12.2 Å². The molecule has 0 unspecified atom stereocenters. The van der Waals surface area contributed by atoms with E-state index in [4.69, 9.17) is 22.1 Å².